The Bertz CT molecular complexity index is 645. The number of aryl methyl sites for hydroxylation is 2. The van der Waals surface area contributed by atoms with E-state index in [4.69, 9.17) is 0 Å². The van der Waals surface area contributed by atoms with Crippen LogP contribution in [0.15, 0.2) is 41.2 Å². The lowest BCUT2D eigenvalue weighted by Crippen LogP contribution is -2.24. The second kappa shape index (κ2) is 5.61. The summed E-state index contributed by atoms with van der Waals surface area (Å²) in [7, 11) is 0. The predicted octanol–water partition coefficient (Wildman–Crippen LogP) is 2.13. The molecule has 4 heteroatoms. The van der Waals surface area contributed by atoms with Gasteiger partial charge in [-0.1, -0.05) is 30.3 Å². The van der Waals surface area contributed by atoms with Gasteiger partial charge < -0.3 is 0 Å². The van der Waals surface area contributed by atoms with Crippen molar-refractivity contribution < 1.29 is 4.79 Å². The maximum Gasteiger partial charge on any atom is 0.253 e. The first-order valence-corrected chi connectivity index (χ1v) is 6.21. The lowest BCUT2D eigenvalue weighted by atomic mass is 10.1. The molecular weight excluding hydrogens is 240 g/mol. The van der Waals surface area contributed by atoms with Gasteiger partial charge in [-0.3, -0.25) is 14.2 Å². The highest BCUT2D eigenvalue weighted by Crippen LogP contribution is 2.04. The minimum atomic E-state index is -0.106. The fraction of sp³-hybridized carbons (Fsp3) is 0.267. The van der Waals surface area contributed by atoms with Gasteiger partial charge in [0.2, 0.25) is 0 Å². The molecule has 0 N–H and O–H groups in total. The van der Waals surface area contributed by atoms with Crippen molar-refractivity contribution in [1.29, 1.82) is 0 Å². The van der Waals surface area contributed by atoms with Crippen LogP contribution in [-0.2, 0) is 6.54 Å². The number of ketones is 1. The molecule has 1 aromatic carbocycles. The fourth-order valence-electron chi connectivity index (χ4n) is 2.02. The topological polar surface area (TPSA) is 52.0 Å². The molecule has 1 heterocycles. The van der Waals surface area contributed by atoms with E-state index in [1.54, 1.807) is 26.0 Å². The van der Waals surface area contributed by atoms with E-state index in [0.29, 0.717) is 30.0 Å². The Labute approximate surface area is 111 Å². The molecule has 19 heavy (non-hydrogen) atoms. The number of rotatable bonds is 4. The van der Waals surface area contributed by atoms with Crippen LogP contribution in [-0.4, -0.2) is 15.3 Å². The monoisotopic (exact) mass is 256 g/mol. The van der Waals surface area contributed by atoms with Gasteiger partial charge in [-0.05, 0) is 13.8 Å². The smallest absolute Gasteiger partial charge is 0.253 e. The van der Waals surface area contributed by atoms with E-state index in [-0.39, 0.29) is 11.3 Å². The molecule has 0 saturated carbocycles. The number of aromatic nitrogens is 2. The third-order valence-electron chi connectivity index (χ3n) is 2.99. The number of nitrogens with zero attached hydrogens (tertiary/aromatic N) is 2. The molecule has 0 aliphatic carbocycles. The maximum atomic E-state index is 12.0. The molecule has 0 amide bonds. The molecule has 0 atom stereocenters. The van der Waals surface area contributed by atoms with Crippen molar-refractivity contribution in [1.82, 2.24) is 9.55 Å². The molecule has 0 spiro atoms. The number of hydrogen-bond acceptors (Lipinski definition) is 3. The van der Waals surface area contributed by atoms with Crippen LogP contribution in [0.2, 0.25) is 0 Å². The molecule has 98 valence electrons. The molecule has 0 aliphatic rings. The molecule has 2 aromatic rings. The maximum absolute atomic E-state index is 12.0. The number of benzene rings is 1. The third-order valence-corrected chi connectivity index (χ3v) is 2.99. The summed E-state index contributed by atoms with van der Waals surface area (Å²) in [5, 5.41) is 0. The Morgan fingerprint density at radius 2 is 1.89 bits per heavy atom. The summed E-state index contributed by atoms with van der Waals surface area (Å²) < 4.78 is 1.54. The average molecular weight is 256 g/mol. The van der Waals surface area contributed by atoms with Crippen molar-refractivity contribution in [3.8, 4) is 0 Å². The summed E-state index contributed by atoms with van der Waals surface area (Å²) in [4.78, 5) is 28.0. The molecular formula is C15H16N2O2. The third kappa shape index (κ3) is 3.16. The number of hydrogen-bond donors (Lipinski definition) is 0. The summed E-state index contributed by atoms with van der Waals surface area (Å²) in [6.45, 7) is 3.93. The summed E-state index contributed by atoms with van der Waals surface area (Å²) in [5.74, 6) is 0.679. The zero-order chi connectivity index (χ0) is 13.8. The van der Waals surface area contributed by atoms with Crippen LogP contribution in [0.4, 0.5) is 0 Å². The van der Waals surface area contributed by atoms with Crippen LogP contribution < -0.4 is 5.56 Å². The van der Waals surface area contributed by atoms with Gasteiger partial charge in [0.15, 0.2) is 5.78 Å². The molecule has 1 aromatic heterocycles. The first kappa shape index (κ1) is 13.2. The van der Waals surface area contributed by atoms with E-state index < -0.39 is 0 Å². The summed E-state index contributed by atoms with van der Waals surface area (Å²) in [6.07, 6.45) is 0.301. The lowest BCUT2D eigenvalue weighted by molar-refractivity contribution is 0.0976. The van der Waals surface area contributed by atoms with Crippen molar-refractivity contribution in [2.45, 2.75) is 26.8 Å². The van der Waals surface area contributed by atoms with Gasteiger partial charge in [0.25, 0.3) is 5.56 Å². The van der Waals surface area contributed by atoms with Gasteiger partial charge in [-0.2, -0.15) is 0 Å². The Morgan fingerprint density at radius 3 is 2.53 bits per heavy atom. The molecule has 0 radical (unpaired) electrons. The van der Waals surface area contributed by atoms with E-state index in [2.05, 4.69) is 4.98 Å². The highest BCUT2D eigenvalue weighted by molar-refractivity contribution is 5.95. The molecule has 4 nitrogen and oxygen atoms in total. The normalized spacial score (nSPS) is 10.4. The van der Waals surface area contributed by atoms with Crippen molar-refractivity contribution in [2.75, 3.05) is 0 Å². The van der Waals surface area contributed by atoms with Gasteiger partial charge in [-0.15, -0.1) is 0 Å². The Balaban J connectivity index is 2.12. The SMILES string of the molecule is Cc1cc(=O)n(CCC(=O)c2ccccc2)c(C)n1. The van der Waals surface area contributed by atoms with Crippen LogP contribution in [0.5, 0.6) is 0 Å². The summed E-state index contributed by atoms with van der Waals surface area (Å²) in [5.41, 5.74) is 1.27. The van der Waals surface area contributed by atoms with Crippen LogP contribution in [0, 0.1) is 13.8 Å². The molecule has 0 saturated heterocycles. The number of carbonyl (C=O) groups is 1. The first-order valence-electron chi connectivity index (χ1n) is 6.21. The van der Waals surface area contributed by atoms with E-state index in [1.165, 1.54) is 10.6 Å². The zero-order valence-corrected chi connectivity index (χ0v) is 11.1. The van der Waals surface area contributed by atoms with Crippen molar-refractivity contribution in [2.24, 2.45) is 0 Å². The number of Topliss-reactive ketones (excluding diaryl/α,β-unsaturated/α-hetero) is 1. The van der Waals surface area contributed by atoms with Crippen LogP contribution in [0.25, 0.3) is 0 Å². The van der Waals surface area contributed by atoms with E-state index in [9.17, 15) is 9.59 Å². The zero-order valence-electron chi connectivity index (χ0n) is 11.1. The molecule has 2 rings (SSSR count). The molecule has 0 aliphatic heterocycles. The minimum Gasteiger partial charge on any atom is -0.296 e. The quantitative estimate of drug-likeness (QED) is 0.787. The van der Waals surface area contributed by atoms with Crippen LogP contribution in [0.1, 0.15) is 28.3 Å². The average Bonchev–Trinajstić information content (AvgIpc) is 2.38. The van der Waals surface area contributed by atoms with Gasteiger partial charge in [0, 0.05) is 30.3 Å². The van der Waals surface area contributed by atoms with Crippen molar-refractivity contribution in [3.63, 3.8) is 0 Å². The minimum absolute atomic E-state index is 0.0347. The van der Waals surface area contributed by atoms with Crippen LogP contribution in [0.3, 0.4) is 0 Å². The summed E-state index contributed by atoms with van der Waals surface area (Å²) >= 11 is 0. The lowest BCUT2D eigenvalue weighted by Gasteiger charge is -2.09. The highest BCUT2D eigenvalue weighted by atomic mass is 16.1. The fourth-order valence-corrected chi connectivity index (χ4v) is 2.02. The second-order valence-corrected chi connectivity index (χ2v) is 4.47. The van der Waals surface area contributed by atoms with E-state index in [1.807, 2.05) is 18.2 Å². The second-order valence-electron chi connectivity index (χ2n) is 4.47. The van der Waals surface area contributed by atoms with Crippen molar-refractivity contribution in [3.05, 3.63) is 63.8 Å². The number of carbonyl (C=O) groups excluding carboxylic acids is 1. The molecule has 0 fully saturated rings. The first-order chi connectivity index (χ1) is 9.08. The van der Waals surface area contributed by atoms with Gasteiger partial charge in [0.05, 0.1) is 0 Å². The predicted molar refractivity (Wildman–Crippen MR) is 73.4 cm³/mol. The Morgan fingerprint density at radius 1 is 1.21 bits per heavy atom. The summed E-state index contributed by atoms with van der Waals surface area (Å²) in [6, 6.07) is 10.6. The van der Waals surface area contributed by atoms with Gasteiger partial charge >= 0.3 is 0 Å². The van der Waals surface area contributed by atoms with Gasteiger partial charge in [0.1, 0.15) is 5.82 Å². The van der Waals surface area contributed by atoms with E-state index >= 15 is 0 Å². The highest BCUT2D eigenvalue weighted by Gasteiger charge is 2.08. The Hall–Kier alpha value is -2.23. The Kier molecular flexibility index (Phi) is 3.90. The standard InChI is InChI=1S/C15H16N2O2/c1-11-10-15(19)17(12(2)16-11)9-8-14(18)13-6-4-3-5-7-13/h3-7,10H,8-9H2,1-2H3. The molecule has 0 unspecified atom stereocenters. The van der Waals surface area contributed by atoms with E-state index in [0.717, 1.165) is 0 Å². The van der Waals surface area contributed by atoms with Gasteiger partial charge in [-0.25, -0.2) is 4.98 Å². The molecule has 0 bridgehead atoms. The van der Waals surface area contributed by atoms with Crippen molar-refractivity contribution >= 4 is 5.78 Å². The largest absolute Gasteiger partial charge is 0.296 e. The van der Waals surface area contributed by atoms with Crippen LogP contribution >= 0.6 is 0 Å².